The number of carbonyl (C=O) groups excluding carboxylic acids is 1. The third-order valence-corrected chi connectivity index (χ3v) is 5.97. The molecule has 0 radical (unpaired) electrons. The van der Waals surface area contributed by atoms with Gasteiger partial charge in [-0.2, -0.15) is 0 Å². The standard InChI is InChI=1S/C26H28N4O3/c31-24(23-8-6-21(7-9-23)22-10-12-27-13-11-22)29-26(25(32)33,18-20-4-2-1-3-5-20)19-30-16-14-28-15-17-30/h1-13,28H,14-19H2,(H,29,31)(H,32,33). The van der Waals surface area contributed by atoms with Crippen molar-refractivity contribution in [1.82, 2.24) is 20.5 Å². The molecule has 0 saturated carbocycles. The number of piperazine rings is 1. The van der Waals surface area contributed by atoms with Crippen molar-refractivity contribution in [3.8, 4) is 11.1 Å². The molecule has 7 heteroatoms. The van der Waals surface area contributed by atoms with Crippen molar-refractivity contribution in [3.63, 3.8) is 0 Å². The number of hydrogen-bond donors (Lipinski definition) is 3. The van der Waals surface area contributed by atoms with Gasteiger partial charge >= 0.3 is 5.97 Å². The molecule has 1 aliphatic rings. The van der Waals surface area contributed by atoms with Crippen molar-refractivity contribution < 1.29 is 14.7 Å². The van der Waals surface area contributed by atoms with E-state index in [1.165, 1.54) is 0 Å². The second-order valence-electron chi connectivity index (χ2n) is 8.34. The largest absolute Gasteiger partial charge is 0.479 e. The summed E-state index contributed by atoms with van der Waals surface area (Å²) in [4.78, 5) is 32.0. The molecule has 33 heavy (non-hydrogen) atoms. The van der Waals surface area contributed by atoms with Crippen molar-refractivity contribution >= 4 is 11.9 Å². The van der Waals surface area contributed by atoms with E-state index in [1.54, 1.807) is 24.5 Å². The lowest BCUT2D eigenvalue weighted by Gasteiger charge is -2.37. The molecule has 1 unspecified atom stereocenters. The fourth-order valence-electron chi connectivity index (χ4n) is 4.18. The predicted molar refractivity (Wildman–Crippen MR) is 127 cm³/mol. The molecule has 1 saturated heterocycles. The van der Waals surface area contributed by atoms with Crippen molar-refractivity contribution in [1.29, 1.82) is 0 Å². The summed E-state index contributed by atoms with van der Waals surface area (Å²) in [6.07, 6.45) is 3.64. The summed E-state index contributed by atoms with van der Waals surface area (Å²) in [5, 5.41) is 16.5. The van der Waals surface area contributed by atoms with Crippen LogP contribution in [0.5, 0.6) is 0 Å². The van der Waals surface area contributed by atoms with E-state index in [9.17, 15) is 14.7 Å². The van der Waals surface area contributed by atoms with E-state index >= 15 is 0 Å². The maximum Gasteiger partial charge on any atom is 0.331 e. The molecular formula is C26H28N4O3. The number of pyridine rings is 1. The number of carbonyl (C=O) groups is 2. The normalized spacial score (nSPS) is 16.0. The molecule has 2 heterocycles. The second-order valence-corrected chi connectivity index (χ2v) is 8.34. The van der Waals surface area contributed by atoms with Crippen LogP contribution in [0.4, 0.5) is 0 Å². The molecule has 3 aromatic rings. The molecule has 170 valence electrons. The average molecular weight is 445 g/mol. The SMILES string of the molecule is O=C(NC(Cc1ccccc1)(CN1CCNCC1)C(=O)O)c1ccc(-c2ccncc2)cc1. The number of aromatic nitrogens is 1. The molecule has 4 rings (SSSR count). The van der Waals surface area contributed by atoms with Crippen LogP contribution >= 0.6 is 0 Å². The number of carboxylic acid groups (broad SMARTS) is 1. The minimum atomic E-state index is -1.44. The summed E-state index contributed by atoms with van der Waals surface area (Å²) in [5.41, 5.74) is 1.80. The van der Waals surface area contributed by atoms with E-state index in [0.29, 0.717) is 5.56 Å². The quantitative estimate of drug-likeness (QED) is 0.494. The molecule has 0 spiro atoms. The van der Waals surface area contributed by atoms with Crippen LogP contribution in [-0.4, -0.2) is 65.1 Å². The highest BCUT2D eigenvalue weighted by atomic mass is 16.4. The zero-order valence-electron chi connectivity index (χ0n) is 18.4. The first kappa shape index (κ1) is 22.6. The van der Waals surface area contributed by atoms with Crippen LogP contribution in [0.15, 0.2) is 79.1 Å². The number of carboxylic acids is 1. The molecule has 2 aromatic carbocycles. The maximum atomic E-state index is 13.2. The van der Waals surface area contributed by atoms with Gasteiger partial charge in [0.15, 0.2) is 5.54 Å². The van der Waals surface area contributed by atoms with Crippen LogP contribution in [0.1, 0.15) is 15.9 Å². The summed E-state index contributed by atoms with van der Waals surface area (Å²) < 4.78 is 0. The zero-order chi connectivity index (χ0) is 23.1. The zero-order valence-corrected chi connectivity index (χ0v) is 18.4. The Labute approximate surface area is 193 Å². The highest BCUT2D eigenvalue weighted by Crippen LogP contribution is 2.21. The van der Waals surface area contributed by atoms with E-state index in [0.717, 1.165) is 42.9 Å². The summed E-state index contributed by atoms with van der Waals surface area (Å²) in [6, 6.07) is 20.4. The number of rotatable bonds is 8. The highest BCUT2D eigenvalue weighted by molar-refractivity contribution is 5.98. The minimum Gasteiger partial charge on any atom is -0.479 e. The van der Waals surface area contributed by atoms with Crippen LogP contribution in [0, 0.1) is 0 Å². The molecule has 1 atom stereocenters. The van der Waals surface area contributed by atoms with E-state index in [1.807, 2.05) is 54.6 Å². The van der Waals surface area contributed by atoms with Crippen LogP contribution in [0.2, 0.25) is 0 Å². The van der Waals surface area contributed by atoms with Crippen LogP contribution in [0.25, 0.3) is 11.1 Å². The molecule has 1 fully saturated rings. The Bertz CT molecular complexity index is 1070. The van der Waals surface area contributed by atoms with Gasteiger partial charge in [0, 0.05) is 57.1 Å². The maximum absolute atomic E-state index is 13.2. The van der Waals surface area contributed by atoms with E-state index in [4.69, 9.17) is 0 Å². The molecule has 7 nitrogen and oxygen atoms in total. The summed E-state index contributed by atoms with van der Waals surface area (Å²) in [7, 11) is 0. The third-order valence-electron chi connectivity index (χ3n) is 5.97. The second kappa shape index (κ2) is 10.4. The van der Waals surface area contributed by atoms with Gasteiger partial charge < -0.3 is 15.7 Å². The Balaban J connectivity index is 1.59. The van der Waals surface area contributed by atoms with Crippen LogP contribution in [0.3, 0.4) is 0 Å². The fraction of sp³-hybridized carbons (Fsp3) is 0.269. The monoisotopic (exact) mass is 444 g/mol. The van der Waals surface area contributed by atoms with Crippen molar-refractivity contribution in [3.05, 3.63) is 90.3 Å². The Hall–Kier alpha value is -3.55. The van der Waals surface area contributed by atoms with Gasteiger partial charge in [0.1, 0.15) is 0 Å². The number of hydrogen-bond acceptors (Lipinski definition) is 5. The summed E-state index contributed by atoms with van der Waals surface area (Å²) in [5.74, 6) is -1.43. The van der Waals surface area contributed by atoms with Gasteiger partial charge in [0.05, 0.1) is 0 Å². The number of nitrogens with zero attached hydrogens (tertiary/aromatic N) is 2. The minimum absolute atomic E-state index is 0.202. The first-order valence-corrected chi connectivity index (χ1v) is 11.1. The first-order valence-electron chi connectivity index (χ1n) is 11.1. The van der Waals surface area contributed by atoms with Gasteiger partial charge in [-0.15, -0.1) is 0 Å². The summed E-state index contributed by atoms with van der Waals surface area (Å²) >= 11 is 0. The van der Waals surface area contributed by atoms with Gasteiger partial charge in [-0.1, -0.05) is 42.5 Å². The van der Waals surface area contributed by atoms with Gasteiger partial charge in [-0.3, -0.25) is 14.7 Å². The molecule has 1 aromatic heterocycles. The number of benzene rings is 2. The smallest absolute Gasteiger partial charge is 0.331 e. The summed E-state index contributed by atoms with van der Waals surface area (Å²) in [6.45, 7) is 3.30. The number of amides is 1. The van der Waals surface area contributed by atoms with Gasteiger partial charge in [-0.25, -0.2) is 4.79 Å². The fourth-order valence-corrected chi connectivity index (χ4v) is 4.18. The highest BCUT2D eigenvalue weighted by Gasteiger charge is 2.42. The van der Waals surface area contributed by atoms with Crippen molar-refractivity contribution in [2.24, 2.45) is 0 Å². The molecule has 0 aliphatic carbocycles. The molecule has 1 amide bonds. The van der Waals surface area contributed by atoms with Gasteiger partial charge in [0.2, 0.25) is 0 Å². The van der Waals surface area contributed by atoms with E-state index < -0.39 is 17.4 Å². The van der Waals surface area contributed by atoms with Gasteiger partial charge in [-0.05, 0) is 41.0 Å². The van der Waals surface area contributed by atoms with Crippen LogP contribution < -0.4 is 10.6 Å². The number of nitrogens with one attached hydrogen (secondary N) is 2. The molecule has 0 bridgehead atoms. The van der Waals surface area contributed by atoms with E-state index in [-0.39, 0.29) is 13.0 Å². The Kier molecular flexibility index (Phi) is 7.12. The lowest BCUT2D eigenvalue weighted by Crippen LogP contribution is -2.63. The number of aliphatic carboxylic acids is 1. The Morgan fingerprint density at radius 1 is 0.939 bits per heavy atom. The Morgan fingerprint density at radius 3 is 2.21 bits per heavy atom. The molecular weight excluding hydrogens is 416 g/mol. The van der Waals surface area contributed by atoms with Crippen molar-refractivity contribution in [2.45, 2.75) is 12.0 Å². The van der Waals surface area contributed by atoms with Gasteiger partial charge in [0.25, 0.3) is 5.91 Å². The Morgan fingerprint density at radius 2 is 1.58 bits per heavy atom. The topological polar surface area (TPSA) is 94.6 Å². The predicted octanol–water partition coefficient (Wildman–Crippen LogP) is 2.45. The first-order chi connectivity index (χ1) is 16.1. The van der Waals surface area contributed by atoms with E-state index in [2.05, 4.69) is 20.5 Å². The molecule has 1 aliphatic heterocycles. The van der Waals surface area contributed by atoms with Crippen molar-refractivity contribution in [2.75, 3.05) is 32.7 Å². The van der Waals surface area contributed by atoms with Crippen LogP contribution in [-0.2, 0) is 11.2 Å². The molecule has 3 N–H and O–H groups in total. The lowest BCUT2D eigenvalue weighted by molar-refractivity contribution is -0.145. The lowest BCUT2D eigenvalue weighted by atomic mass is 9.89. The third kappa shape index (κ3) is 5.63. The average Bonchev–Trinajstić information content (AvgIpc) is 2.86.